The van der Waals surface area contributed by atoms with Gasteiger partial charge in [-0.15, -0.1) is 0 Å². The molecule has 17 heavy (non-hydrogen) atoms. The maximum Gasteiger partial charge on any atom is 0.240 e. The van der Waals surface area contributed by atoms with Gasteiger partial charge in [0.2, 0.25) is 11.7 Å². The molecule has 0 aliphatic carbocycles. The summed E-state index contributed by atoms with van der Waals surface area (Å²) in [5.41, 5.74) is 7.15. The van der Waals surface area contributed by atoms with Gasteiger partial charge in [-0.3, -0.25) is 0 Å². The normalized spacial score (nSPS) is 11.2. The van der Waals surface area contributed by atoms with Crippen molar-refractivity contribution in [2.75, 3.05) is 0 Å². The SMILES string of the molecule is NCc1nc(-c2cc(Cl)c3cc[nH]c3c2)no1. The lowest BCUT2D eigenvalue weighted by molar-refractivity contribution is 0.380. The molecule has 0 bridgehead atoms. The van der Waals surface area contributed by atoms with Crippen LogP contribution in [0.2, 0.25) is 5.02 Å². The molecular weight excluding hydrogens is 240 g/mol. The summed E-state index contributed by atoms with van der Waals surface area (Å²) in [6, 6.07) is 5.65. The first-order valence-corrected chi connectivity index (χ1v) is 5.45. The molecule has 0 spiro atoms. The molecule has 0 saturated heterocycles. The first-order chi connectivity index (χ1) is 8.28. The van der Waals surface area contributed by atoms with E-state index in [9.17, 15) is 0 Å². The highest BCUT2D eigenvalue weighted by Crippen LogP contribution is 2.28. The molecule has 0 amide bonds. The van der Waals surface area contributed by atoms with Crippen LogP contribution < -0.4 is 5.73 Å². The largest absolute Gasteiger partial charge is 0.361 e. The Balaban J connectivity index is 2.16. The highest BCUT2D eigenvalue weighted by Gasteiger charge is 2.10. The molecule has 3 aromatic rings. The van der Waals surface area contributed by atoms with Gasteiger partial charge < -0.3 is 15.2 Å². The van der Waals surface area contributed by atoms with E-state index in [0.29, 0.717) is 16.7 Å². The van der Waals surface area contributed by atoms with Crippen LogP contribution in [0.1, 0.15) is 5.89 Å². The maximum atomic E-state index is 6.16. The van der Waals surface area contributed by atoms with Crippen molar-refractivity contribution in [1.82, 2.24) is 15.1 Å². The average Bonchev–Trinajstić information content (AvgIpc) is 2.97. The van der Waals surface area contributed by atoms with Crippen LogP contribution in [-0.4, -0.2) is 15.1 Å². The summed E-state index contributed by atoms with van der Waals surface area (Å²) in [5.74, 6) is 0.895. The number of rotatable bonds is 2. The van der Waals surface area contributed by atoms with E-state index in [2.05, 4.69) is 15.1 Å². The first-order valence-electron chi connectivity index (χ1n) is 5.07. The third kappa shape index (κ3) is 1.69. The Hall–Kier alpha value is -1.85. The van der Waals surface area contributed by atoms with Crippen LogP contribution >= 0.6 is 11.6 Å². The van der Waals surface area contributed by atoms with Crippen molar-refractivity contribution in [1.29, 1.82) is 0 Å². The number of hydrogen-bond donors (Lipinski definition) is 2. The van der Waals surface area contributed by atoms with Gasteiger partial charge in [-0.05, 0) is 18.2 Å². The molecule has 0 fully saturated rings. The number of nitrogens with one attached hydrogen (secondary N) is 1. The zero-order valence-corrected chi connectivity index (χ0v) is 9.53. The van der Waals surface area contributed by atoms with Gasteiger partial charge in [-0.2, -0.15) is 4.98 Å². The molecule has 86 valence electrons. The number of aromatic amines is 1. The van der Waals surface area contributed by atoms with Gasteiger partial charge in [0.25, 0.3) is 0 Å². The third-order valence-electron chi connectivity index (χ3n) is 2.52. The third-order valence-corrected chi connectivity index (χ3v) is 2.83. The van der Waals surface area contributed by atoms with Crippen molar-refractivity contribution in [3.05, 3.63) is 35.3 Å². The van der Waals surface area contributed by atoms with Crippen molar-refractivity contribution in [2.45, 2.75) is 6.54 Å². The van der Waals surface area contributed by atoms with Crippen molar-refractivity contribution >= 4 is 22.5 Å². The zero-order chi connectivity index (χ0) is 11.8. The average molecular weight is 249 g/mol. The highest BCUT2D eigenvalue weighted by atomic mass is 35.5. The fraction of sp³-hybridized carbons (Fsp3) is 0.0909. The fourth-order valence-corrected chi connectivity index (χ4v) is 1.99. The zero-order valence-electron chi connectivity index (χ0n) is 8.77. The van der Waals surface area contributed by atoms with E-state index >= 15 is 0 Å². The molecule has 1 aromatic carbocycles. The number of benzene rings is 1. The summed E-state index contributed by atoms with van der Waals surface area (Å²) in [7, 11) is 0. The molecule has 6 heteroatoms. The lowest BCUT2D eigenvalue weighted by atomic mass is 10.1. The Morgan fingerprint density at radius 3 is 3.06 bits per heavy atom. The van der Waals surface area contributed by atoms with Crippen molar-refractivity contribution in [3.8, 4) is 11.4 Å². The molecule has 0 radical (unpaired) electrons. The van der Waals surface area contributed by atoms with Crippen molar-refractivity contribution in [2.24, 2.45) is 5.73 Å². The van der Waals surface area contributed by atoms with E-state index in [1.54, 1.807) is 0 Å². The number of halogens is 1. The van der Waals surface area contributed by atoms with Crippen LogP contribution in [-0.2, 0) is 6.54 Å². The van der Waals surface area contributed by atoms with Gasteiger partial charge >= 0.3 is 0 Å². The molecule has 0 aliphatic rings. The molecule has 0 saturated carbocycles. The number of hydrogen-bond acceptors (Lipinski definition) is 4. The summed E-state index contributed by atoms with van der Waals surface area (Å²) in [5, 5.41) is 5.47. The Labute approximate surface area is 102 Å². The van der Waals surface area contributed by atoms with E-state index in [-0.39, 0.29) is 6.54 Å². The lowest BCUT2D eigenvalue weighted by Crippen LogP contribution is -1.95. The summed E-state index contributed by atoms with van der Waals surface area (Å²) >= 11 is 6.16. The van der Waals surface area contributed by atoms with E-state index in [1.807, 2.05) is 24.4 Å². The molecular formula is C11H9ClN4O. The number of fused-ring (bicyclic) bond motifs is 1. The summed E-state index contributed by atoms with van der Waals surface area (Å²) in [6.45, 7) is 0.228. The van der Waals surface area contributed by atoms with Crippen LogP contribution in [0.4, 0.5) is 0 Å². The molecule has 0 aliphatic heterocycles. The molecule has 0 atom stereocenters. The Morgan fingerprint density at radius 1 is 1.41 bits per heavy atom. The van der Waals surface area contributed by atoms with Gasteiger partial charge in [0, 0.05) is 22.7 Å². The van der Waals surface area contributed by atoms with Gasteiger partial charge in [-0.1, -0.05) is 16.8 Å². The van der Waals surface area contributed by atoms with Gasteiger partial charge in [0.15, 0.2) is 0 Å². The van der Waals surface area contributed by atoms with Crippen LogP contribution in [0, 0.1) is 0 Å². The number of nitrogens with zero attached hydrogens (tertiary/aromatic N) is 2. The molecule has 2 heterocycles. The van der Waals surface area contributed by atoms with E-state index in [1.165, 1.54) is 0 Å². The lowest BCUT2D eigenvalue weighted by Gasteiger charge is -1.98. The minimum atomic E-state index is 0.228. The Bertz CT molecular complexity index is 673. The molecule has 3 rings (SSSR count). The van der Waals surface area contributed by atoms with E-state index < -0.39 is 0 Å². The van der Waals surface area contributed by atoms with E-state index in [0.717, 1.165) is 16.5 Å². The second-order valence-electron chi connectivity index (χ2n) is 3.61. The second-order valence-corrected chi connectivity index (χ2v) is 4.02. The predicted molar refractivity (Wildman–Crippen MR) is 64.5 cm³/mol. The van der Waals surface area contributed by atoms with Crippen molar-refractivity contribution < 1.29 is 4.52 Å². The van der Waals surface area contributed by atoms with Crippen LogP contribution in [0.15, 0.2) is 28.9 Å². The van der Waals surface area contributed by atoms with Crippen LogP contribution in [0.25, 0.3) is 22.3 Å². The van der Waals surface area contributed by atoms with Gasteiger partial charge in [-0.25, -0.2) is 0 Å². The predicted octanol–water partition coefficient (Wildman–Crippen LogP) is 2.33. The molecule has 0 unspecified atom stereocenters. The fourth-order valence-electron chi connectivity index (χ4n) is 1.71. The minimum absolute atomic E-state index is 0.228. The topological polar surface area (TPSA) is 80.7 Å². The Kier molecular flexibility index (Phi) is 2.35. The van der Waals surface area contributed by atoms with Crippen molar-refractivity contribution in [3.63, 3.8) is 0 Å². The molecule has 5 nitrogen and oxygen atoms in total. The number of nitrogens with two attached hydrogens (primary N) is 1. The maximum absolute atomic E-state index is 6.16. The Morgan fingerprint density at radius 2 is 2.29 bits per heavy atom. The minimum Gasteiger partial charge on any atom is -0.361 e. The molecule has 3 N–H and O–H groups in total. The first kappa shape index (κ1) is 10.3. The van der Waals surface area contributed by atoms with Gasteiger partial charge in [0.05, 0.1) is 11.6 Å². The monoisotopic (exact) mass is 248 g/mol. The standard InChI is InChI=1S/C11H9ClN4O/c12-8-3-6(4-9-7(8)1-2-14-9)11-15-10(5-13)17-16-11/h1-4,14H,5,13H2. The van der Waals surface area contributed by atoms with Crippen LogP contribution in [0.3, 0.4) is 0 Å². The summed E-state index contributed by atoms with van der Waals surface area (Å²) in [6.07, 6.45) is 1.84. The quantitative estimate of drug-likeness (QED) is 0.729. The summed E-state index contributed by atoms with van der Waals surface area (Å²) in [4.78, 5) is 7.25. The molecule has 2 aromatic heterocycles. The number of H-pyrrole nitrogens is 1. The summed E-state index contributed by atoms with van der Waals surface area (Å²) < 4.78 is 4.96. The van der Waals surface area contributed by atoms with E-state index in [4.69, 9.17) is 21.9 Å². The number of aromatic nitrogens is 3. The smallest absolute Gasteiger partial charge is 0.240 e. The van der Waals surface area contributed by atoms with Gasteiger partial charge in [0.1, 0.15) is 0 Å². The second kappa shape index (κ2) is 3.87. The highest BCUT2D eigenvalue weighted by molar-refractivity contribution is 6.35. The van der Waals surface area contributed by atoms with Crippen LogP contribution in [0.5, 0.6) is 0 Å².